The molecule has 0 heterocycles. The molecular formula is C11H22ClN3O2. The first-order chi connectivity index (χ1) is 7.67. The van der Waals surface area contributed by atoms with Crippen molar-refractivity contribution in [3.05, 3.63) is 0 Å². The van der Waals surface area contributed by atoms with E-state index in [4.69, 9.17) is 0 Å². The molecule has 0 spiro atoms. The Morgan fingerprint density at radius 1 is 1.12 bits per heavy atom. The Balaban J connectivity index is 0.00000256. The van der Waals surface area contributed by atoms with E-state index in [2.05, 4.69) is 22.9 Å². The molecule has 5 nitrogen and oxygen atoms in total. The van der Waals surface area contributed by atoms with Crippen molar-refractivity contribution in [3.63, 3.8) is 0 Å². The van der Waals surface area contributed by atoms with Gasteiger partial charge in [0, 0.05) is 20.1 Å². The van der Waals surface area contributed by atoms with Crippen molar-refractivity contribution in [2.45, 2.75) is 26.2 Å². The standard InChI is InChI=1S/C11H21N3O2.ClH/c1-3-6-13-7-8-14-10(16)11(4-5-11)9(15)12-2;/h13H,3-8H2,1-2H3,(H,12,15)(H,14,16);1H. The fraction of sp³-hybridized carbons (Fsp3) is 0.818. The molecule has 1 aliphatic carbocycles. The molecule has 0 atom stereocenters. The van der Waals surface area contributed by atoms with E-state index in [1.54, 1.807) is 7.05 Å². The van der Waals surface area contributed by atoms with Crippen molar-refractivity contribution < 1.29 is 9.59 Å². The van der Waals surface area contributed by atoms with Crippen LogP contribution >= 0.6 is 12.4 Å². The van der Waals surface area contributed by atoms with Crippen LogP contribution in [0, 0.1) is 5.41 Å². The smallest absolute Gasteiger partial charge is 0.235 e. The van der Waals surface area contributed by atoms with E-state index in [1.807, 2.05) is 0 Å². The zero-order valence-corrected chi connectivity index (χ0v) is 11.3. The molecule has 0 aromatic carbocycles. The number of carbonyl (C=O) groups excluding carboxylic acids is 2. The lowest BCUT2D eigenvalue weighted by Gasteiger charge is -2.13. The summed E-state index contributed by atoms with van der Waals surface area (Å²) in [6.07, 6.45) is 2.41. The SMILES string of the molecule is CCCNCCNC(=O)C1(C(=O)NC)CC1.Cl. The lowest BCUT2D eigenvalue weighted by molar-refractivity contribution is -0.136. The van der Waals surface area contributed by atoms with Gasteiger partial charge in [-0.1, -0.05) is 6.92 Å². The highest BCUT2D eigenvalue weighted by molar-refractivity contribution is 6.07. The molecule has 0 aromatic heterocycles. The van der Waals surface area contributed by atoms with Gasteiger partial charge < -0.3 is 16.0 Å². The maximum atomic E-state index is 11.8. The number of hydrogen-bond donors (Lipinski definition) is 3. The predicted molar refractivity (Wildman–Crippen MR) is 69.2 cm³/mol. The Kier molecular flexibility index (Phi) is 7.15. The minimum Gasteiger partial charge on any atom is -0.358 e. The summed E-state index contributed by atoms with van der Waals surface area (Å²) in [4.78, 5) is 23.2. The molecule has 0 aliphatic heterocycles. The van der Waals surface area contributed by atoms with Crippen molar-refractivity contribution in [2.75, 3.05) is 26.7 Å². The van der Waals surface area contributed by atoms with Gasteiger partial charge in [0.2, 0.25) is 11.8 Å². The lowest BCUT2D eigenvalue weighted by atomic mass is 10.1. The first-order valence-electron chi connectivity index (χ1n) is 5.88. The van der Waals surface area contributed by atoms with E-state index in [0.29, 0.717) is 19.4 Å². The second-order valence-electron chi connectivity index (χ2n) is 4.17. The fourth-order valence-corrected chi connectivity index (χ4v) is 1.66. The second kappa shape index (κ2) is 7.50. The normalized spacial score (nSPS) is 15.6. The second-order valence-corrected chi connectivity index (χ2v) is 4.17. The van der Waals surface area contributed by atoms with Gasteiger partial charge >= 0.3 is 0 Å². The van der Waals surface area contributed by atoms with Crippen LogP contribution in [0.15, 0.2) is 0 Å². The molecule has 3 N–H and O–H groups in total. The number of amides is 2. The van der Waals surface area contributed by atoms with Crippen molar-refractivity contribution in [1.29, 1.82) is 0 Å². The third kappa shape index (κ3) is 4.16. The third-order valence-electron chi connectivity index (χ3n) is 2.86. The first kappa shape index (κ1) is 16.2. The minimum absolute atomic E-state index is 0. The number of rotatable bonds is 7. The molecule has 0 radical (unpaired) electrons. The summed E-state index contributed by atoms with van der Waals surface area (Å²) >= 11 is 0. The van der Waals surface area contributed by atoms with E-state index < -0.39 is 5.41 Å². The molecule has 1 fully saturated rings. The van der Waals surface area contributed by atoms with Crippen molar-refractivity contribution in [1.82, 2.24) is 16.0 Å². The van der Waals surface area contributed by atoms with Crippen molar-refractivity contribution >= 4 is 24.2 Å². The van der Waals surface area contributed by atoms with Gasteiger partial charge in [-0.15, -0.1) is 12.4 Å². The molecule has 1 rings (SSSR count). The van der Waals surface area contributed by atoms with Gasteiger partial charge in [0.05, 0.1) is 0 Å². The minimum atomic E-state index is -0.764. The van der Waals surface area contributed by atoms with Crippen LogP contribution in [0.5, 0.6) is 0 Å². The molecule has 0 aromatic rings. The Hall–Kier alpha value is -0.810. The lowest BCUT2D eigenvalue weighted by Crippen LogP contribution is -2.43. The first-order valence-corrected chi connectivity index (χ1v) is 5.88. The van der Waals surface area contributed by atoms with Crippen LogP contribution in [0.3, 0.4) is 0 Å². The van der Waals surface area contributed by atoms with Crippen LogP contribution in [-0.2, 0) is 9.59 Å². The van der Waals surface area contributed by atoms with Gasteiger partial charge in [-0.3, -0.25) is 9.59 Å². The van der Waals surface area contributed by atoms with E-state index in [9.17, 15) is 9.59 Å². The number of hydrogen-bond acceptors (Lipinski definition) is 3. The third-order valence-corrected chi connectivity index (χ3v) is 2.86. The Morgan fingerprint density at radius 2 is 1.76 bits per heavy atom. The van der Waals surface area contributed by atoms with E-state index >= 15 is 0 Å². The van der Waals surface area contributed by atoms with Crippen molar-refractivity contribution in [3.8, 4) is 0 Å². The van der Waals surface area contributed by atoms with Crippen LogP contribution in [0.2, 0.25) is 0 Å². The van der Waals surface area contributed by atoms with Gasteiger partial charge in [0.25, 0.3) is 0 Å². The van der Waals surface area contributed by atoms with E-state index in [0.717, 1.165) is 19.5 Å². The van der Waals surface area contributed by atoms with Crippen LogP contribution in [-0.4, -0.2) is 38.5 Å². The van der Waals surface area contributed by atoms with E-state index in [1.165, 1.54) is 0 Å². The fourth-order valence-electron chi connectivity index (χ4n) is 1.66. The Bertz CT molecular complexity index is 267. The molecule has 0 unspecified atom stereocenters. The molecule has 0 bridgehead atoms. The van der Waals surface area contributed by atoms with Crippen LogP contribution < -0.4 is 16.0 Å². The number of carbonyl (C=O) groups is 2. The predicted octanol–water partition coefficient (Wildman–Crippen LogP) is 0.0502. The van der Waals surface area contributed by atoms with Gasteiger partial charge in [-0.05, 0) is 25.8 Å². The summed E-state index contributed by atoms with van der Waals surface area (Å²) in [5, 5.41) is 8.53. The molecule has 17 heavy (non-hydrogen) atoms. The van der Waals surface area contributed by atoms with Crippen LogP contribution in [0.25, 0.3) is 0 Å². The summed E-state index contributed by atoms with van der Waals surface area (Å²) in [7, 11) is 1.57. The van der Waals surface area contributed by atoms with Crippen molar-refractivity contribution in [2.24, 2.45) is 5.41 Å². The summed E-state index contributed by atoms with van der Waals surface area (Å²) in [6.45, 7) is 4.38. The van der Waals surface area contributed by atoms with Gasteiger partial charge in [0.1, 0.15) is 5.41 Å². The molecule has 100 valence electrons. The van der Waals surface area contributed by atoms with Gasteiger partial charge in [-0.2, -0.15) is 0 Å². The zero-order chi connectivity index (χ0) is 12.0. The summed E-state index contributed by atoms with van der Waals surface area (Å²) in [5.74, 6) is -0.295. The van der Waals surface area contributed by atoms with E-state index in [-0.39, 0.29) is 24.2 Å². The molecule has 2 amide bonds. The van der Waals surface area contributed by atoms with Gasteiger partial charge in [-0.25, -0.2) is 0 Å². The Labute approximate surface area is 109 Å². The summed E-state index contributed by atoms with van der Waals surface area (Å²) in [5.41, 5.74) is -0.764. The average molecular weight is 264 g/mol. The maximum absolute atomic E-state index is 11.8. The highest BCUT2D eigenvalue weighted by atomic mass is 35.5. The molecule has 1 aliphatic rings. The topological polar surface area (TPSA) is 70.2 Å². The van der Waals surface area contributed by atoms with Crippen LogP contribution in [0.1, 0.15) is 26.2 Å². The van der Waals surface area contributed by atoms with Gasteiger partial charge in [0.15, 0.2) is 0 Å². The quantitative estimate of drug-likeness (QED) is 0.449. The monoisotopic (exact) mass is 263 g/mol. The molecular weight excluding hydrogens is 242 g/mol. The highest BCUT2D eigenvalue weighted by Crippen LogP contribution is 2.45. The molecule has 1 saturated carbocycles. The largest absolute Gasteiger partial charge is 0.358 e. The summed E-state index contributed by atoms with van der Waals surface area (Å²) in [6, 6.07) is 0. The highest BCUT2D eigenvalue weighted by Gasteiger charge is 2.55. The number of nitrogens with one attached hydrogen (secondary N) is 3. The zero-order valence-electron chi connectivity index (χ0n) is 10.5. The maximum Gasteiger partial charge on any atom is 0.235 e. The van der Waals surface area contributed by atoms with Crippen LogP contribution in [0.4, 0.5) is 0 Å². The average Bonchev–Trinajstić information content (AvgIpc) is 3.08. The Morgan fingerprint density at radius 3 is 2.24 bits per heavy atom. The summed E-state index contributed by atoms with van der Waals surface area (Å²) < 4.78 is 0. The molecule has 0 saturated heterocycles. The molecule has 6 heteroatoms. The number of halogens is 1.